The fraction of sp³-hybridized carbons (Fsp3) is 0.200. The normalized spacial score (nSPS) is 14.0. The largest absolute Gasteiger partial charge is 0.335 e. The van der Waals surface area contributed by atoms with E-state index in [-0.39, 0.29) is 42.4 Å². The molecule has 0 spiro atoms. The first kappa shape index (κ1) is 24.3. The van der Waals surface area contributed by atoms with Crippen molar-refractivity contribution in [3.63, 3.8) is 0 Å². The van der Waals surface area contributed by atoms with Gasteiger partial charge in [-0.2, -0.15) is 0 Å². The van der Waals surface area contributed by atoms with E-state index in [1.54, 1.807) is 42.5 Å². The zero-order valence-corrected chi connectivity index (χ0v) is 19.5. The second-order valence-corrected chi connectivity index (χ2v) is 10.1. The molecule has 1 N–H and O–H groups in total. The average molecular weight is 500 g/mol. The van der Waals surface area contributed by atoms with Crippen molar-refractivity contribution >= 4 is 27.5 Å². The van der Waals surface area contributed by atoms with E-state index in [4.69, 9.17) is 0 Å². The van der Waals surface area contributed by atoms with Gasteiger partial charge in [0, 0.05) is 37.4 Å². The molecular weight excluding hydrogens is 476 g/mol. The number of nitrogens with one attached hydrogen (secondary N) is 1. The summed E-state index contributed by atoms with van der Waals surface area (Å²) in [7, 11) is -3.60. The van der Waals surface area contributed by atoms with Crippen LogP contribution in [0.4, 0.5) is 19.3 Å². The third-order valence-corrected chi connectivity index (χ3v) is 7.41. The van der Waals surface area contributed by atoms with Crippen molar-refractivity contribution in [3.05, 3.63) is 95.6 Å². The molecule has 0 radical (unpaired) electrons. The van der Waals surface area contributed by atoms with Gasteiger partial charge in [0.25, 0.3) is 5.91 Å². The summed E-state index contributed by atoms with van der Waals surface area (Å²) in [4.78, 5) is 28.6. The van der Waals surface area contributed by atoms with Crippen LogP contribution in [-0.2, 0) is 15.6 Å². The lowest BCUT2D eigenvalue weighted by Crippen LogP contribution is -2.51. The van der Waals surface area contributed by atoms with E-state index >= 15 is 0 Å². The molecule has 1 heterocycles. The second-order valence-electron chi connectivity index (χ2n) is 8.07. The Kier molecular flexibility index (Phi) is 7.11. The molecule has 1 aliphatic heterocycles. The highest BCUT2D eigenvalue weighted by molar-refractivity contribution is 7.90. The number of urea groups is 1. The number of para-hydroxylation sites is 1. The summed E-state index contributed by atoms with van der Waals surface area (Å²) in [5.41, 5.74) is 0.879. The molecule has 0 saturated carbocycles. The summed E-state index contributed by atoms with van der Waals surface area (Å²) in [6.45, 7) is 0.891. The van der Waals surface area contributed by atoms with Crippen molar-refractivity contribution in [2.75, 3.05) is 31.5 Å². The molecule has 10 heteroatoms. The van der Waals surface area contributed by atoms with Gasteiger partial charge in [0.05, 0.1) is 10.6 Å². The molecule has 0 unspecified atom stereocenters. The van der Waals surface area contributed by atoms with Crippen LogP contribution in [0.25, 0.3) is 0 Å². The maximum atomic E-state index is 13.5. The van der Waals surface area contributed by atoms with Crippen LogP contribution < -0.4 is 5.32 Å². The van der Waals surface area contributed by atoms with E-state index in [0.29, 0.717) is 11.3 Å². The minimum atomic E-state index is -3.60. The van der Waals surface area contributed by atoms with Gasteiger partial charge in [-0.05, 0) is 42.0 Å². The highest BCUT2D eigenvalue weighted by atomic mass is 32.2. The van der Waals surface area contributed by atoms with E-state index in [1.807, 2.05) is 0 Å². The average Bonchev–Trinajstić information content (AvgIpc) is 2.87. The highest BCUT2D eigenvalue weighted by Crippen LogP contribution is 2.23. The smallest absolute Gasteiger partial charge is 0.321 e. The Morgan fingerprint density at radius 3 is 2.11 bits per heavy atom. The van der Waals surface area contributed by atoms with Gasteiger partial charge in [-0.1, -0.05) is 36.4 Å². The number of nitrogens with zero attached hydrogens (tertiary/aromatic N) is 2. The third kappa shape index (κ3) is 5.65. The van der Waals surface area contributed by atoms with E-state index in [0.717, 1.165) is 12.1 Å². The molecule has 1 fully saturated rings. The number of piperazine rings is 1. The van der Waals surface area contributed by atoms with Gasteiger partial charge in [0.15, 0.2) is 21.5 Å². The lowest BCUT2D eigenvalue weighted by atomic mass is 10.1. The SMILES string of the molecule is O=C(Nc1ccccc1CS(=O)(=O)c1ccccc1)N1CCN(C(=O)c2ccc(F)c(F)c2)CC1. The Bertz CT molecular complexity index is 1340. The summed E-state index contributed by atoms with van der Waals surface area (Å²) >= 11 is 0. The van der Waals surface area contributed by atoms with Crippen LogP contribution >= 0.6 is 0 Å². The van der Waals surface area contributed by atoms with Crippen molar-refractivity contribution in [2.24, 2.45) is 0 Å². The topological polar surface area (TPSA) is 86.8 Å². The van der Waals surface area contributed by atoms with Crippen molar-refractivity contribution < 1.29 is 26.8 Å². The molecule has 1 aliphatic rings. The molecule has 3 aromatic carbocycles. The van der Waals surface area contributed by atoms with Crippen LogP contribution in [0.5, 0.6) is 0 Å². The van der Waals surface area contributed by atoms with Crippen LogP contribution in [0.2, 0.25) is 0 Å². The molecule has 3 aromatic rings. The Morgan fingerprint density at radius 1 is 0.800 bits per heavy atom. The molecular formula is C25H23F2N3O4S. The molecule has 35 heavy (non-hydrogen) atoms. The maximum absolute atomic E-state index is 13.5. The number of carbonyl (C=O) groups is 2. The molecule has 0 atom stereocenters. The zero-order valence-electron chi connectivity index (χ0n) is 18.7. The van der Waals surface area contributed by atoms with Gasteiger partial charge in [-0.3, -0.25) is 4.79 Å². The van der Waals surface area contributed by atoms with Gasteiger partial charge in [0.2, 0.25) is 0 Å². The van der Waals surface area contributed by atoms with Gasteiger partial charge < -0.3 is 15.1 Å². The van der Waals surface area contributed by atoms with Crippen molar-refractivity contribution in [1.82, 2.24) is 9.80 Å². The Morgan fingerprint density at radius 2 is 1.43 bits per heavy atom. The van der Waals surface area contributed by atoms with Gasteiger partial charge in [0.1, 0.15) is 0 Å². The fourth-order valence-corrected chi connectivity index (χ4v) is 5.20. The predicted octanol–water partition coefficient (Wildman–Crippen LogP) is 3.93. The summed E-state index contributed by atoms with van der Waals surface area (Å²) in [6, 6.07) is 17.3. The van der Waals surface area contributed by atoms with E-state index < -0.39 is 33.4 Å². The van der Waals surface area contributed by atoms with Gasteiger partial charge in [-0.25, -0.2) is 22.0 Å². The van der Waals surface area contributed by atoms with E-state index in [2.05, 4.69) is 5.32 Å². The Labute approximate surface area is 201 Å². The molecule has 7 nitrogen and oxygen atoms in total. The minimum Gasteiger partial charge on any atom is -0.335 e. The zero-order chi connectivity index (χ0) is 25.0. The molecule has 0 aromatic heterocycles. The first-order chi connectivity index (χ1) is 16.7. The number of anilines is 1. The first-order valence-corrected chi connectivity index (χ1v) is 12.6. The summed E-state index contributed by atoms with van der Waals surface area (Å²) < 4.78 is 52.2. The number of carbonyl (C=O) groups excluding carboxylic acids is 2. The quantitative estimate of drug-likeness (QED) is 0.577. The Balaban J connectivity index is 1.39. The van der Waals surface area contributed by atoms with Crippen molar-refractivity contribution in [1.29, 1.82) is 0 Å². The number of amides is 3. The van der Waals surface area contributed by atoms with E-state index in [1.165, 1.54) is 28.0 Å². The number of sulfone groups is 1. The standard InChI is InChI=1S/C25H23F2N3O4S/c26-21-11-10-18(16-22(21)27)24(31)29-12-14-30(15-13-29)25(32)28-23-9-5-4-6-19(23)17-35(33,34)20-7-2-1-3-8-20/h1-11,16H,12-15,17H2,(H,28,32). The fourth-order valence-electron chi connectivity index (χ4n) is 3.80. The maximum Gasteiger partial charge on any atom is 0.321 e. The van der Waals surface area contributed by atoms with Crippen LogP contribution in [0.1, 0.15) is 15.9 Å². The molecule has 0 aliphatic carbocycles. The monoisotopic (exact) mass is 499 g/mol. The predicted molar refractivity (Wildman–Crippen MR) is 127 cm³/mol. The lowest BCUT2D eigenvalue weighted by molar-refractivity contribution is 0.0671. The Hall–Kier alpha value is -3.79. The number of benzene rings is 3. The third-order valence-electron chi connectivity index (χ3n) is 5.73. The van der Waals surface area contributed by atoms with Crippen LogP contribution in [0, 0.1) is 11.6 Å². The highest BCUT2D eigenvalue weighted by Gasteiger charge is 2.26. The number of hydrogen-bond acceptors (Lipinski definition) is 4. The van der Waals surface area contributed by atoms with Crippen molar-refractivity contribution in [3.8, 4) is 0 Å². The van der Waals surface area contributed by atoms with Crippen LogP contribution in [-0.4, -0.2) is 56.3 Å². The molecule has 182 valence electrons. The molecule has 0 bridgehead atoms. The molecule has 4 rings (SSSR count). The molecule has 3 amide bonds. The minimum absolute atomic E-state index is 0.0374. The van der Waals surface area contributed by atoms with Crippen molar-refractivity contribution in [2.45, 2.75) is 10.6 Å². The first-order valence-electron chi connectivity index (χ1n) is 10.9. The number of halogens is 2. The van der Waals surface area contributed by atoms with Gasteiger partial charge in [-0.15, -0.1) is 0 Å². The molecule has 1 saturated heterocycles. The van der Waals surface area contributed by atoms with Crippen LogP contribution in [0.3, 0.4) is 0 Å². The lowest BCUT2D eigenvalue weighted by Gasteiger charge is -2.35. The summed E-state index contributed by atoms with van der Waals surface area (Å²) in [5, 5.41) is 2.77. The number of hydrogen-bond donors (Lipinski definition) is 1. The van der Waals surface area contributed by atoms with Gasteiger partial charge >= 0.3 is 6.03 Å². The second kappa shape index (κ2) is 10.2. The van der Waals surface area contributed by atoms with E-state index in [9.17, 15) is 26.8 Å². The summed E-state index contributed by atoms with van der Waals surface area (Å²) in [5.74, 6) is -2.84. The van der Waals surface area contributed by atoms with Crippen LogP contribution in [0.15, 0.2) is 77.7 Å². The summed E-state index contributed by atoms with van der Waals surface area (Å²) in [6.07, 6.45) is 0. The number of rotatable bonds is 5.